The van der Waals surface area contributed by atoms with Gasteiger partial charge in [-0.2, -0.15) is 0 Å². The Bertz CT molecular complexity index is 1000. The van der Waals surface area contributed by atoms with Gasteiger partial charge in [0.25, 0.3) is 5.91 Å². The standard InChI is InChI=1S/C22H23ClN4O2/c1-27-10-7-16(8-11-27)25-22(28)14-29-17-4-2-15(3-5-17)21-12-19(23)18-13-24-9-6-20(18)26-21/h2-6,9,12-13,16H,7-8,10-11,14H2,1H3,(H,25,28). The number of hydrogen-bond acceptors (Lipinski definition) is 5. The van der Waals surface area contributed by atoms with E-state index in [1.165, 1.54) is 0 Å². The van der Waals surface area contributed by atoms with E-state index in [2.05, 4.69) is 27.2 Å². The van der Waals surface area contributed by atoms with Crippen LogP contribution in [0.25, 0.3) is 22.2 Å². The van der Waals surface area contributed by atoms with E-state index in [1.54, 1.807) is 12.4 Å². The summed E-state index contributed by atoms with van der Waals surface area (Å²) in [6.45, 7) is 2.03. The van der Waals surface area contributed by atoms with E-state index in [4.69, 9.17) is 16.3 Å². The fraction of sp³-hybridized carbons (Fsp3) is 0.318. The van der Waals surface area contributed by atoms with Crippen molar-refractivity contribution in [2.24, 2.45) is 0 Å². The monoisotopic (exact) mass is 410 g/mol. The van der Waals surface area contributed by atoms with Crippen LogP contribution in [0.2, 0.25) is 5.02 Å². The van der Waals surface area contributed by atoms with Gasteiger partial charge in [0.05, 0.1) is 16.2 Å². The van der Waals surface area contributed by atoms with Crippen molar-refractivity contribution in [2.75, 3.05) is 26.7 Å². The summed E-state index contributed by atoms with van der Waals surface area (Å²) in [4.78, 5) is 23.1. The van der Waals surface area contributed by atoms with Crippen molar-refractivity contribution in [1.82, 2.24) is 20.2 Å². The number of carbonyl (C=O) groups excluding carboxylic acids is 1. The Morgan fingerprint density at radius 2 is 2.00 bits per heavy atom. The number of nitrogens with zero attached hydrogens (tertiary/aromatic N) is 3. The summed E-state index contributed by atoms with van der Waals surface area (Å²) in [6, 6.07) is 11.4. The molecule has 7 heteroatoms. The first-order chi connectivity index (χ1) is 14.1. The number of benzene rings is 1. The zero-order valence-electron chi connectivity index (χ0n) is 16.3. The van der Waals surface area contributed by atoms with Gasteiger partial charge in [-0.25, -0.2) is 4.98 Å². The van der Waals surface area contributed by atoms with Crippen LogP contribution in [0.4, 0.5) is 0 Å². The molecule has 1 saturated heterocycles. The maximum atomic E-state index is 12.1. The van der Waals surface area contributed by atoms with Crippen LogP contribution < -0.4 is 10.1 Å². The second kappa shape index (κ2) is 8.76. The molecule has 0 saturated carbocycles. The molecule has 0 spiro atoms. The Morgan fingerprint density at radius 1 is 1.24 bits per heavy atom. The molecule has 2 aromatic heterocycles. The Morgan fingerprint density at radius 3 is 2.76 bits per heavy atom. The Balaban J connectivity index is 1.36. The van der Waals surface area contributed by atoms with E-state index in [1.807, 2.05) is 36.4 Å². The van der Waals surface area contributed by atoms with E-state index in [0.29, 0.717) is 10.8 Å². The maximum absolute atomic E-state index is 12.1. The van der Waals surface area contributed by atoms with E-state index >= 15 is 0 Å². The molecule has 1 N–H and O–H groups in total. The number of piperidine rings is 1. The number of amides is 1. The molecule has 4 rings (SSSR count). The van der Waals surface area contributed by atoms with Gasteiger partial charge in [-0.1, -0.05) is 11.6 Å². The summed E-state index contributed by atoms with van der Waals surface area (Å²) in [5.41, 5.74) is 2.50. The number of pyridine rings is 2. The molecule has 6 nitrogen and oxygen atoms in total. The molecule has 3 aromatic rings. The average molecular weight is 411 g/mol. The van der Waals surface area contributed by atoms with Crippen molar-refractivity contribution in [3.63, 3.8) is 0 Å². The fourth-order valence-electron chi connectivity index (χ4n) is 3.47. The number of aromatic nitrogens is 2. The largest absolute Gasteiger partial charge is 0.484 e. The average Bonchev–Trinajstić information content (AvgIpc) is 2.74. The van der Waals surface area contributed by atoms with E-state index in [-0.39, 0.29) is 18.6 Å². The number of nitrogens with one attached hydrogen (secondary N) is 1. The minimum Gasteiger partial charge on any atom is -0.484 e. The van der Waals surface area contributed by atoms with Crippen LogP contribution in [0.3, 0.4) is 0 Å². The number of likely N-dealkylation sites (tertiary alicyclic amines) is 1. The van der Waals surface area contributed by atoms with Crippen LogP contribution in [-0.4, -0.2) is 53.6 Å². The molecule has 29 heavy (non-hydrogen) atoms. The van der Waals surface area contributed by atoms with Crippen molar-refractivity contribution < 1.29 is 9.53 Å². The molecule has 0 bridgehead atoms. The lowest BCUT2D eigenvalue weighted by Gasteiger charge is -2.29. The molecule has 3 heterocycles. The topological polar surface area (TPSA) is 67.4 Å². The predicted molar refractivity (Wildman–Crippen MR) is 114 cm³/mol. The van der Waals surface area contributed by atoms with Gasteiger partial charge < -0.3 is 15.0 Å². The highest BCUT2D eigenvalue weighted by Gasteiger charge is 2.18. The summed E-state index contributed by atoms with van der Waals surface area (Å²) in [5.74, 6) is 0.559. The lowest BCUT2D eigenvalue weighted by atomic mass is 10.1. The van der Waals surface area contributed by atoms with E-state index < -0.39 is 0 Å². The second-order valence-electron chi connectivity index (χ2n) is 7.34. The lowest BCUT2D eigenvalue weighted by molar-refractivity contribution is -0.124. The van der Waals surface area contributed by atoms with Crippen molar-refractivity contribution in [1.29, 1.82) is 0 Å². The van der Waals surface area contributed by atoms with Crippen molar-refractivity contribution >= 4 is 28.4 Å². The smallest absolute Gasteiger partial charge is 0.258 e. The first-order valence-electron chi connectivity index (χ1n) is 9.70. The predicted octanol–water partition coefficient (Wildman–Crippen LogP) is 3.54. The molecular weight excluding hydrogens is 388 g/mol. The van der Waals surface area contributed by atoms with Gasteiger partial charge in [0.1, 0.15) is 5.75 Å². The van der Waals surface area contributed by atoms with Gasteiger partial charge in [0, 0.05) is 29.4 Å². The third kappa shape index (κ3) is 4.83. The number of halogens is 1. The first kappa shape index (κ1) is 19.6. The van der Waals surface area contributed by atoms with E-state index in [9.17, 15) is 4.79 Å². The van der Waals surface area contributed by atoms with Crippen LogP contribution in [0.15, 0.2) is 48.8 Å². The highest BCUT2D eigenvalue weighted by atomic mass is 35.5. The molecular formula is C22H23ClN4O2. The molecule has 0 aliphatic carbocycles. The Hall–Kier alpha value is -2.70. The molecule has 1 aliphatic heterocycles. The van der Waals surface area contributed by atoms with Gasteiger partial charge in [-0.15, -0.1) is 0 Å². The summed E-state index contributed by atoms with van der Waals surface area (Å²) < 4.78 is 5.64. The van der Waals surface area contributed by atoms with Crippen molar-refractivity contribution in [3.05, 3.63) is 53.8 Å². The fourth-order valence-corrected chi connectivity index (χ4v) is 3.72. The Kier molecular flexibility index (Phi) is 5.92. The number of rotatable bonds is 5. The zero-order valence-corrected chi connectivity index (χ0v) is 17.0. The quantitative estimate of drug-likeness (QED) is 0.696. The first-order valence-corrected chi connectivity index (χ1v) is 10.1. The van der Waals surface area contributed by atoms with Crippen LogP contribution in [0.1, 0.15) is 12.8 Å². The SMILES string of the molecule is CN1CCC(NC(=O)COc2ccc(-c3cc(Cl)c4cnccc4n3)cc2)CC1. The summed E-state index contributed by atoms with van der Waals surface area (Å²) in [7, 11) is 2.10. The van der Waals surface area contributed by atoms with Gasteiger partial charge in [-0.3, -0.25) is 9.78 Å². The van der Waals surface area contributed by atoms with Crippen LogP contribution in [-0.2, 0) is 4.79 Å². The molecule has 150 valence electrons. The minimum atomic E-state index is -0.0831. The van der Waals surface area contributed by atoms with Gasteiger partial charge >= 0.3 is 0 Å². The Labute approximate surface area is 174 Å². The number of hydrogen-bond donors (Lipinski definition) is 1. The van der Waals surface area contributed by atoms with Gasteiger partial charge in [0.2, 0.25) is 0 Å². The molecule has 0 atom stereocenters. The molecule has 0 unspecified atom stereocenters. The van der Waals surface area contributed by atoms with Crippen molar-refractivity contribution in [3.8, 4) is 17.0 Å². The molecule has 1 fully saturated rings. The van der Waals surface area contributed by atoms with Crippen LogP contribution >= 0.6 is 11.6 Å². The lowest BCUT2D eigenvalue weighted by Crippen LogP contribution is -2.44. The normalized spacial score (nSPS) is 15.4. The summed E-state index contributed by atoms with van der Waals surface area (Å²) >= 11 is 6.36. The van der Waals surface area contributed by atoms with Crippen LogP contribution in [0.5, 0.6) is 5.75 Å². The highest BCUT2D eigenvalue weighted by Crippen LogP contribution is 2.28. The maximum Gasteiger partial charge on any atom is 0.258 e. The molecule has 1 aliphatic rings. The van der Waals surface area contributed by atoms with E-state index in [0.717, 1.165) is 48.1 Å². The summed E-state index contributed by atoms with van der Waals surface area (Å²) in [6.07, 6.45) is 5.37. The third-order valence-corrected chi connectivity index (χ3v) is 5.48. The number of fused-ring (bicyclic) bond motifs is 1. The number of ether oxygens (including phenoxy) is 1. The highest BCUT2D eigenvalue weighted by molar-refractivity contribution is 6.35. The van der Waals surface area contributed by atoms with Crippen LogP contribution in [0, 0.1) is 0 Å². The van der Waals surface area contributed by atoms with Gasteiger partial charge in [0.15, 0.2) is 6.61 Å². The second-order valence-corrected chi connectivity index (χ2v) is 7.75. The molecule has 1 amide bonds. The summed E-state index contributed by atoms with van der Waals surface area (Å²) in [5, 5.41) is 4.49. The number of carbonyl (C=O) groups is 1. The zero-order chi connectivity index (χ0) is 20.2. The molecule has 1 aromatic carbocycles. The minimum absolute atomic E-state index is 0.0126. The van der Waals surface area contributed by atoms with Crippen molar-refractivity contribution in [2.45, 2.75) is 18.9 Å². The third-order valence-electron chi connectivity index (χ3n) is 5.16. The molecule has 0 radical (unpaired) electrons. The van der Waals surface area contributed by atoms with Gasteiger partial charge in [-0.05, 0) is 69.4 Å².